The number of nitro groups is 3. The fourth-order valence-corrected chi connectivity index (χ4v) is 24.8. The molecule has 658 valence electrons. The minimum absolute atomic E-state index is 0.0254. The van der Waals surface area contributed by atoms with Crippen molar-refractivity contribution < 1.29 is 45.5 Å². The lowest BCUT2D eigenvalue weighted by atomic mass is 9.21. The molecule has 131 heavy (non-hydrogen) atoms. The van der Waals surface area contributed by atoms with Gasteiger partial charge in [0.2, 0.25) is 0 Å². The van der Waals surface area contributed by atoms with Crippen molar-refractivity contribution in [2.45, 2.75) is 48.5 Å². The van der Waals surface area contributed by atoms with Crippen LogP contribution in [0.4, 0.5) is 30.2 Å². The van der Waals surface area contributed by atoms with E-state index in [0.717, 1.165) is 77.9 Å². The topological polar surface area (TPSA) is 129 Å². The molecule has 0 bridgehead atoms. The SMILES string of the molecule is CC1=C(c2ccc(C)cc2)[B-](c2ccc(C)cc2)(c2ccc(C)cc2)[N+](C)(C)C1.CC1=C(c2ccc(F)cc2)[B-](c2ccc(F)cc2)(c2ccc(F)cc2)[N+](C)(C)C1.CC1=C(c2ccc([N+](=O)[O-])cc2)[B-](c2ccc([N+](=O)[O-])cc2)(c2ccc([N+](=O)[O-])cc2)[N+](C)(C)C1.CC1=C(c2ccc3ccccc3c2)[B-](c2ccc3ccccc3c2)(c2ccc3ccccc3c2)[N+](C)(C)C1. The molecule has 20 heteroatoms. The average molecular weight is 1740 g/mol. The number of nitro benzene ring substituents is 3. The number of quaternary nitrogens is 4. The molecular weight excluding hydrogens is 1630 g/mol. The molecule has 15 aromatic carbocycles. The van der Waals surface area contributed by atoms with Gasteiger partial charge in [-0.1, -0.05) is 334 Å². The molecule has 0 atom stereocenters. The lowest BCUT2D eigenvalue weighted by Crippen LogP contribution is -2.75. The Bertz CT molecular complexity index is 6680. The zero-order chi connectivity index (χ0) is 93.1. The summed E-state index contributed by atoms with van der Waals surface area (Å²) in [6.07, 6.45) is -5.96. The van der Waals surface area contributed by atoms with Gasteiger partial charge < -0.3 is 17.6 Å². The molecule has 0 aliphatic carbocycles. The van der Waals surface area contributed by atoms with Crippen LogP contribution in [-0.4, -0.2) is 140 Å². The van der Waals surface area contributed by atoms with E-state index < -0.39 is 39.9 Å². The van der Waals surface area contributed by atoms with Gasteiger partial charge in [0.15, 0.2) is 0 Å². The molecule has 15 aromatic rings. The predicted molar refractivity (Wildman–Crippen MR) is 542 cm³/mol. The van der Waals surface area contributed by atoms with Crippen molar-refractivity contribution in [2.75, 3.05) is 82.6 Å². The minimum atomic E-state index is -1.84. The molecule has 0 saturated carbocycles. The Balaban J connectivity index is 0.000000129. The number of nitrogens with zero attached hydrogens (tertiary/aromatic N) is 7. The molecule has 0 saturated heterocycles. The molecule has 4 heterocycles. The number of likely N-dealkylation sites (N-methyl/N-ethyl adjacent to an activating group) is 4. The van der Waals surface area contributed by atoms with Gasteiger partial charge in [0.05, 0.1) is 40.9 Å². The Hall–Kier alpha value is -13.9. The van der Waals surface area contributed by atoms with Crippen molar-refractivity contribution in [3.8, 4) is 0 Å². The van der Waals surface area contributed by atoms with Crippen LogP contribution in [0.25, 0.3) is 54.2 Å². The van der Waals surface area contributed by atoms with Crippen LogP contribution in [0, 0.1) is 68.6 Å². The van der Waals surface area contributed by atoms with Gasteiger partial charge >= 0.3 is 0 Å². The number of halogens is 3. The van der Waals surface area contributed by atoms with E-state index in [-0.39, 0.29) is 34.5 Å². The number of aryl methyl sites for hydroxylation is 3. The van der Waals surface area contributed by atoms with Gasteiger partial charge in [-0.3, -0.25) is 30.3 Å². The first-order valence-corrected chi connectivity index (χ1v) is 44.9. The fraction of sp³-hybridized carbons (Fsp3) is 0.171. The molecule has 13 nitrogen and oxygen atoms in total. The Labute approximate surface area is 766 Å². The minimum Gasteiger partial charge on any atom is -0.505 e. The first-order valence-electron chi connectivity index (χ1n) is 44.9. The van der Waals surface area contributed by atoms with Gasteiger partial charge in [-0.05, 0) is 117 Å². The fourth-order valence-electron chi connectivity index (χ4n) is 24.8. The summed E-state index contributed by atoms with van der Waals surface area (Å²) in [4.78, 5) is 32.5. The summed E-state index contributed by atoms with van der Waals surface area (Å²) in [5.74, 6) is -0.891. The highest BCUT2D eigenvalue weighted by molar-refractivity contribution is 7.13. The van der Waals surface area contributed by atoms with Crippen LogP contribution in [0.2, 0.25) is 0 Å². The lowest BCUT2D eigenvalue weighted by molar-refractivity contribution is -0.777. The molecule has 0 unspecified atom stereocenters. The Morgan fingerprint density at radius 1 is 0.229 bits per heavy atom. The number of hydrogen-bond acceptors (Lipinski definition) is 6. The number of fused-ring (bicyclic) bond motifs is 3. The van der Waals surface area contributed by atoms with Crippen LogP contribution in [-0.2, 0) is 0 Å². The molecule has 0 fully saturated rings. The molecule has 0 radical (unpaired) electrons. The van der Waals surface area contributed by atoms with Crippen molar-refractivity contribution in [3.05, 3.63) is 455 Å². The van der Waals surface area contributed by atoms with Crippen LogP contribution in [0.15, 0.2) is 368 Å². The normalized spacial score (nSPS) is 16.9. The summed E-state index contributed by atoms with van der Waals surface area (Å²) >= 11 is 0. The van der Waals surface area contributed by atoms with Gasteiger partial charge in [-0.25, -0.2) is 13.2 Å². The molecule has 0 aromatic heterocycles. The number of benzene rings is 15. The van der Waals surface area contributed by atoms with Gasteiger partial charge in [-0.2, -0.15) is 0 Å². The molecule has 4 aliphatic heterocycles. The number of hydrogen-bond donors (Lipinski definition) is 0. The second-order valence-electron chi connectivity index (χ2n) is 39.4. The first kappa shape index (κ1) is 90.5. The molecular formula is C111H110B4F3N7O6. The van der Waals surface area contributed by atoms with E-state index in [2.05, 4.69) is 298 Å². The lowest BCUT2D eigenvalue weighted by Gasteiger charge is -2.54. The monoisotopic (exact) mass is 1740 g/mol. The van der Waals surface area contributed by atoms with E-state index in [1.54, 1.807) is 48.5 Å². The third-order valence-corrected chi connectivity index (χ3v) is 29.8. The van der Waals surface area contributed by atoms with Crippen LogP contribution in [0.3, 0.4) is 0 Å². The maximum Gasteiger partial charge on any atom is 0.291 e. The third-order valence-electron chi connectivity index (χ3n) is 29.8. The zero-order valence-corrected chi connectivity index (χ0v) is 77.3. The molecule has 0 spiro atoms. The van der Waals surface area contributed by atoms with E-state index in [1.807, 2.05) is 31.2 Å². The highest BCUT2D eigenvalue weighted by atomic mass is 19.1. The standard InChI is InChI=1S/C36H32BN.C27H32BN.C24H23BF3N.C24H23BN4O6/c1-26-25-38(2,3)37(34-20-18-28-11-5-8-14-31(28)23-34,35-21-19-29-12-6-9-15-32(29)24-35)36(26)33-17-16-27-10-4-7-13-30(27)22-33;1-20-7-13-24(14-8-20)27-23(4)19-29(5,6)28(27,25-15-9-21(2)10-16-25)26-17-11-22(3)12-18-26;1-17-16-29(2,3)25(19-6-12-22(27)13-7-19,20-8-14-23(28)15-9-20)24(17)18-4-10-21(26)11-5-18;1-17-16-29(2,3)25(19-6-12-22(13-7-19)27(32)33,20-8-14-23(15-9-20)28(34)35)24(17)18-4-10-21(11-5-18)26(30)31/h4-24H,25H2,1-3H3;7-18H,19H2,1-6H3;4-15H,16H2,1-3H3;4-15H,16H2,1-3H3. The van der Waals surface area contributed by atoms with Crippen LogP contribution >= 0.6 is 0 Å². The largest absolute Gasteiger partial charge is 0.505 e. The predicted octanol–water partition coefficient (Wildman–Crippen LogP) is 19.9. The summed E-state index contributed by atoms with van der Waals surface area (Å²) < 4.78 is 44.1. The van der Waals surface area contributed by atoms with Crippen molar-refractivity contribution in [2.24, 2.45) is 0 Å². The van der Waals surface area contributed by atoms with Crippen molar-refractivity contribution in [1.29, 1.82) is 0 Å². The Morgan fingerprint density at radius 2 is 0.420 bits per heavy atom. The Kier molecular flexibility index (Phi) is 24.3. The van der Waals surface area contributed by atoms with Gasteiger partial charge in [0.25, 0.3) is 42.2 Å². The van der Waals surface area contributed by atoms with Gasteiger partial charge in [0.1, 0.15) is 17.5 Å². The molecule has 0 amide bonds. The molecule has 19 rings (SSSR count). The van der Waals surface area contributed by atoms with Crippen LogP contribution < -0.4 is 43.7 Å². The van der Waals surface area contributed by atoms with E-state index in [4.69, 9.17) is 0 Å². The van der Waals surface area contributed by atoms with Crippen molar-refractivity contribution in [1.82, 2.24) is 0 Å². The third kappa shape index (κ3) is 15.9. The average Bonchev–Trinajstić information content (AvgIpc) is 1.56. The Morgan fingerprint density at radius 3 is 0.710 bits per heavy atom. The van der Waals surface area contributed by atoms with Gasteiger partial charge in [0, 0.05) is 92.8 Å². The van der Waals surface area contributed by atoms with E-state index in [1.165, 1.54) is 182 Å². The summed E-state index contributed by atoms with van der Waals surface area (Å²) in [6.45, 7) is 18.8. The van der Waals surface area contributed by atoms with Gasteiger partial charge in [-0.15, -0.1) is 65.6 Å². The second-order valence-corrected chi connectivity index (χ2v) is 39.4. The number of non-ortho nitro benzene ring substituents is 3. The highest BCUT2D eigenvalue weighted by Crippen LogP contribution is 2.47. The first-order chi connectivity index (χ1) is 62.5. The summed E-state index contributed by atoms with van der Waals surface area (Å²) in [5.41, 5.74) is 27.9. The van der Waals surface area contributed by atoms with E-state index >= 15 is 0 Å². The van der Waals surface area contributed by atoms with Crippen molar-refractivity contribution >= 4 is 140 Å². The summed E-state index contributed by atoms with van der Waals surface area (Å²) in [7, 11) is 18.1. The van der Waals surface area contributed by atoms with Crippen molar-refractivity contribution in [3.63, 3.8) is 0 Å². The van der Waals surface area contributed by atoms with E-state index in [0.29, 0.717) is 15.3 Å². The molecule has 0 N–H and O–H groups in total. The van der Waals surface area contributed by atoms with Crippen LogP contribution in [0.1, 0.15) is 66.6 Å². The molecule has 4 aliphatic rings. The van der Waals surface area contributed by atoms with Crippen LogP contribution in [0.5, 0.6) is 0 Å². The quantitative estimate of drug-likeness (QED) is 0.0571. The maximum atomic E-state index is 13.8. The highest BCUT2D eigenvalue weighted by Gasteiger charge is 2.57. The smallest absolute Gasteiger partial charge is 0.291 e. The maximum absolute atomic E-state index is 13.8. The number of rotatable bonds is 15. The van der Waals surface area contributed by atoms with E-state index in [9.17, 15) is 43.5 Å². The summed E-state index contributed by atoms with van der Waals surface area (Å²) in [5, 5.41) is 41.6. The second kappa shape index (κ2) is 35.2. The summed E-state index contributed by atoms with van der Waals surface area (Å²) in [6, 6.07) is 114. The zero-order valence-electron chi connectivity index (χ0n) is 77.3.